The van der Waals surface area contributed by atoms with Gasteiger partial charge in [0.05, 0.1) is 16.2 Å². The number of nitrogens with zero attached hydrogens (tertiary/aromatic N) is 1. The lowest BCUT2D eigenvalue weighted by molar-refractivity contribution is -0.174. The zero-order valence-corrected chi connectivity index (χ0v) is 19.8. The van der Waals surface area contributed by atoms with Crippen molar-refractivity contribution in [2.75, 3.05) is 19.7 Å². The zero-order chi connectivity index (χ0) is 24.8. The van der Waals surface area contributed by atoms with Crippen LogP contribution in [-0.4, -0.2) is 76.8 Å². The number of aliphatic hydroxyl groups is 2. The van der Waals surface area contributed by atoms with E-state index in [0.717, 1.165) is 0 Å². The van der Waals surface area contributed by atoms with Crippen LogP contribution in [0.4, 0.5) is 13.2 Å². The van der Waals surface area contributed by atoms with E-state index in [4.69, 9.17) is 9.84 Å². The normalized spacial score (nSPS) is 20.6. The molecule has 0 aromatic heterocycles. The van der Waals surface area contributed by atoms with E-state index in [1.165, 1.54) is 13.0 Å². The summed E-state index contributed by atoms with van der Waals surface area (Å²) in [6.45, 7) is -0.914. The van der Waals surface area contributed by atoms with Gasteiger partial charge in [-0.1, -0.05) is 19.1 Å². The van der Waals surface area contributed by atoms with E-state index >= 15 is 0 Å². The molecule has 0 radical (unpaired) electrons. The molecule has 1 aromatic rings. The lowest BCUT2D eigenvalue weighted by atomic mass is 9.88. The molecule has 1 aliphatic rings. The highest BCUT2D eigenvalue weighted by Gasteiger charge is 2.45. The van der Waals surface area contributed by atoms with Crippen LogP contribution in [0.15, 0.2) is 35.9 Å². The van der Waals surface area contributed by atoms with Crippen LogP contribution in [0.3, 0.4) is 0 Å². The number of ether oxygens (including phenoxy) is 1. The summed E-state index contributed by atoms with van der Waals surface area (Å²) < 4.78 is 46.3. The number of hydrogen-bond acceptors (Lipinski definition) is 6. The first-order chi connectivity index (χ1) is 15.5. The third kappa shape index (κ3) is 7.40. The molecule has 0 fully saturated rings. The van der Waals surface area contributed by atoms with Crippen molar-refractivity contribution in [3.8, 4) is 5.75 Å². The van der Waals surface area contributed by atoms with Gasteiger partial charge in [0.15, 0.2) is 0 Å². The third-order valence-electron chi connectivity index (χ3n) is 4.88. The van der Waals surface area contributed by atoms with Gasteiger partial charge < -0.3 is 25.2 Å². The fourth-order valence-electron chi connectivity index (χ4n) is 3.31. The molecule has 2 rings (SSSR count). The number of Topliss-reactive ketones (excluding diaryl/α,β-unsaturated/α-hetero) is 1. The minimum Gasteiger partial charge on any atom is -0.482 e. The molecule has 8 nitrogen and oxygen atoms in total. The number of aliphatic hydroxyl groups excluding tert-OH is 2. The highest BCUT2D eigenvalue weighted by atomic mass is 127. The van der Waals surface area contributed by atoms with E-state index in [1.807, 2.05) is 22.6 Å². The van der Waals surface area contributed by atoms with Gasteiger partial charge in [0.1, 0.15) is 24.5 Å². The van der Waals surface area contributed by atoms with E-state index in [2.05, 4.69) is 5.32 Å². The molecule has 0 spiro atoms. The van der Waals surface area contributed by atoms with Gasteiger partial charge >= 0.3 is 6.18 Å². The molecule has 3 N–H and O–H groups in total. The van der Waals surface area contributed by atoms with Crippen molar-refractivity contribution in [3.63, 3.8) is 0 Å². The lowest BCUT2D eigenvalue weighted by Crippen LogP contribution is -2.58. The molecule has 33 heavy (non-hydrogen) atoms. The molecule has 0 saturated heterocycles. The average molecular weight is 584 g/mol. The summed E-state index contributed by atoms with van der Waals surface area (Å²) in [7, 11) is 0. The van der Waals surface area contributed by atoms with Crippen molar-refractivity contribution in [1.82, 2.24) is 10.2 Å². The SMILES string of the molecule is CCC(=O)C(=O)N(CC(F)(F)F)[C@@H]1CC(C(=O)NCCO)=C[C@H](Oc2ccccc2I)[C@H]1O. The Hall–Kier alpha value is -2.19. The van der Waals surface area contributed by atoms with E-state index < -0.39 is 55.0 Å². The van der Waals surface area contributed by atoms with Crippen molar-refractivity contribution in [2.24, 2.45) is 0 Å². The second-order valence-corrected chi connectivity index (χ2v) is 8.43. The minimum atomic E-state index is -4.85. The van der Waals surface area contributed by atoms with Crippen LogP contribution in [0.1, 0.15) is 19.8 Å². The van der Waals surface area contributed by atoms with Crippen LogP contribution in [0.2, 0.25) is 0 Å². The Kier molecular flexibility index (Phi) is 9.67. The summed E-state index contributed by atoms with van der Waals surface area (Å²) in [5.74, 6) is -2.84. The molecule has 2 amide bonds. The number of benzene rings is 1. The number of rotatable bonds is 9. The summed E-state index contributed by atoms with van der Waals surface area (Å²) in [5.41, 5.74) is -0.0430. The number of nitrogens with one attached hydrogen (secondary N) is 1. The largest absolute Gasteiger partial charge is 0.482 e. The van der Waals surface area contributed by atoms with E-state index in [-0.39, 0.29) is 30.0 Å². The molecule has 12 heteroatoms. The van der Waals surface area contributed by atoms with Crippen LogP contribution < -0.4 is 10.1 Å². The monoisotopic (exact) mass is 584 g/mol. The average Bonchev–Trinajstić information content (AvgIpc) is 2.77. The summed E-state index contributed by atoms with van der Waals surface area (Å²) in [4.78, 5) is 37.3. The number of para-hydroxylation sites is 1. The first-order valence-corrected chi connectivity index (χ1v) is 11.2. The van der Waals surface area contributed by atoms with Gasteiger partial charge in [-0.2, -0.15) is 13.2 Å². The maximum Gasteiger partial charge on any atom is 0.406 e. The van der Waals surface area contributed by atoms with Crippen molar-refractivity contribution < 1.29 is 42.5 Å². The van der Waals surface area contributed by atoms with E-state index in [9.17, 15) is 32.7 Å². The molecular formula is C21H24F3IN2O6. The first kappa shape index (κ1) is 27.1. The highest BCUT2D eigenvalue weighted by molar-refractivity contribution is 14.1. The summed E-state index contributed by atoms with van der Waals surface area (Å²) in [5, 5.41) is 22.3. The Morgan fingerprint density at radius 1 is 1.27 bits per heavy atom. The number of hydrogen-bond donors (Lipinski definition) is 3. The van der Waals surface area contributed by atoms with Gasteiger partial charge in [-0.3, -0.25) is 14.4 Å². The Bertz CT molecular complexity index is 908. The van der Waals surface area contributed by atoms with Gasteiger partial charge in [-0.15, -0.1) is 0 Å². The molecule has 0 heterocycles. The summed E-state index contributed by atoms with van der Waals surface area (Å²) >= 11 is 1.97. The molecule has 0 unspecified atom stereocenters. The van der Waals surface area contributed by atoms with Crippen molar-refractivity contribution >= 4 is 40.2 Å². The highest BCUT2D eigenvalue weighted by Crippen LogP contribution is 2.31. The minimum absolute atomic E-state index is 0.0430. The third-order valence-corrected chi connectivity index (χ3v) is 5.78. The number of amides is 2. The van der Waals surface area contributed by atoms with Gasteiger partial charge in [0.25, 0.3) is 5.91 Å². The maximum absolute atomic E-state index is 13.3. The number of alkyl halides is 3. The van der Waals surface area contributed by atoms with Crippen LogP contribution in [0.5, 0.6) is 5.75 Å². The number of halogens is 4. The quantitative estimate of drug-likeness (QED) is 0.300. The standard InChI is InChI=1S/C21H24F3IN2O6/c1-2-15(29)20(32)27(11-21(22,23)24)14-9-12(19(31)26-7-8-28)10-17(18(14)30)33-16-6-4-3-5-13(16)25/h3-6,10,14,17-18,28,30H,2,7-9,11H2,1H3,(H,26,31)/t14-,17+,18+/m1/s1. The second-order valence-electron chi connectivity index (χ2n) is 7.27. The Balaban J connectivity index is 2.47. The zero-order valence-electron chi connectivity index (χ0n) is 17.6. The molecule has 1 aliphatic carbocycles. The van der Waals surface area contributed by atoms with Crippen LogP contribution in [0.25, 0.3) is 0 Å². The van der Waals surface area contributed by atoms with Crippen LogP contribution in [-0.2, 0) is 14.4 Å². The predicted octanol–water partition coefficient (Wildman–Crippen LogP) is 1.58. The van der Waals surface area contributed by atoms with Gasteiger partial charge in [-0.05, 0) is 40.8 Å². The van der Waals surface area contributed by atoms with Crippen molar-refractivity contribution in [3.05, 3.63) is 39.5 Å². The molecule has 0 aliphatic heterocycles. The summed E-state index contributed by atoms with van der Waals surface area (Å²) in [6, 6.07) is 5.12. The topological polar surface area (TPSA) is 116 Å². The van der Waals surface area contributed by atoms with Crippen LogP contribution >= 0.6 is 22.6 Å². The lowest BCUT2D eigenvalue weighted by Gasteiger charge is -2.40. The molecule has 1 aromatic carbocycles. The van der Waals surface area contributed by atoms with Gasteiger partial charge in [-0.25, -0.2) is 0 Å². The van der Waals surface area contributed by atoms with Crippen LogP contribution in [0, 0.1) is 3.57 Å². The molecule has 0 saturated carbocycles. The van der Waals surface area contributed by atoms with Gasteiger partial charge in [0, 0.05) is 25.0 Å². The fraction of sp³-hybridized carbons (Fsp3) is 0.476. The second kappa shape index (κ2) is 11.8. The number of ketones is 1. The Labute approximate surface area is 201 Å². The number of carbonyl (C=O) groups is 3. The van der Waals surface area contributed by atoms with Crippen molar-refractivity contribution in [1.29, 1.82) is 0 Å². The van der Waals surface area contributed by atoms with Gasteiger partial charge in [0.2, 0.25) is 11.7 Å². The van der Waals surface area contributed by atoms with Crippen molar-refractivity contribution in [2.45, 2.75) is 44.2 Å². The fourth-order valence-corrected chi connectivity index (χ4v) is 3.83. The first-order valence-electron chi connectivity index (χ1n) is 10.1. The molecule has 182 valence electrons. The molecular weight excluding hydrogens is 560 g/mol. The Morgan fingerprint density at radius 2 is 1.94 bits per heavy atom. The maximum atomic E-state index is 13.3. The molecule has 0 bridgehead atoms. The van der Waals surface area contributed by atoms with E-state index in [1.54, 1.807) is 24.3 Å². The predicted molar refractivity (Wildman–Crippen MR) is 119 cm³/mol. The Morgan fingerprint density at radius 3 is 2.52 bits per heavy atom. The van der Waals surface area contributed by atoms with E-state index in [0.29, 0.717) is 9.32 Å². The number of carbonyl (C=O) groups excluding carboxylic acids is 3. The summed E-state index contributed by atoms with van der Waals surface area (Å²) in [6.07, 6.45) is -7.29. The smallest absolute Gasteiger partial charge is 0.406 e. The molecule has 3 atom stereocenters.